The molecule has 10 nitrogen and oxygen atoms in total. The van der Waals surface area contributed by atoms with Gasteiger partial charge in [-0.25, -0.2) is 4.98 Å². The Morgan fingerprint density at radius 2 is 1.83 bits per heavy atom. The van der Waals surface area contributed by atoms with Gasteiger partial charge in [-0.1, -0.05) is 30.3 Å². The first-order chi connectivity index (χ1) is 16.8. The zero-order valence-corrected chi connectivity index (χ0v) is 19.7. The number of benzene rings is 1. The van der Waals surface area contributed by atoms with E-state index in [9.17, 15) is 19.2 Å². The number of carboxylic acid groups (broad SMARTS) is 1. The van der Waals surface area contributed by atoms with Crippen LogP contribution in [0.5, 0.6) is 0 Å². The third-order valence-corrected chi connectivity index (χ3v) is 6.25. The standard InChI is InChI=1S/C24H27N5O5S/c25-23(33)19(12-17-13-26-14-27-17)29-24(34)18(8-10-22(31)32)28-21(30)9-5-15-3-6-16(7-4-15)20-2-1-11-35-20/h1-4,6-7,11,13-14,18-19H,5,8-10,12H2,(H2,25,33)(H,26,27)(H,28,30)(H,29,34)(H,31,32)/t18-,19?/m0/s1. The zero-order chi connectivity index (χ0) is 25.2. The Bertz CT molecular complexity index is 1130. The SMILES string of the molecule is NC(=O)C(Cc1c[nH]cn1)NC(=O)[C@H](CCC(=O)O)NC(=O)CCc1ccc(-c2cccs2)cc1. The summed E-state index contributed by atoms with van der Waals surface area (Å²) in [6.45, 7) is 0. The number of carbonyl (C=O) groups is 4. The van der Waals surface area contributed by atoms with E-state index in [0.717, 1.165) is 16.0 Å². The van der Waals surface area contributed by atoms with E-state index in [0.29, 0.717) is 12.1 Å². The lowest BCUT2D eigenvalue weighted by Gasteiger charge is -2.21. The Morgan fingerprint density at radius 1 is 1.06 bits per heavy atom. The number of carboxylic acids is 1. The molecular formula is C24H27N5O5S. The highest BCUT2D eigenvalue weighted by Gasteiger charge is 2.26. The number of rotatable bonds is 13. The van der Waals surface area contributed by atoms with Crippen LogP contribution in [0.1, 0.15) is 30.5 Å². The average molecular weight is 498 g/mol. The second-order valence-corrected chi connectivity index (χ2v) is 8.90. The summed E-state index contributed by atoms with van der Waals surface area (Å²) in [5.74, 6) is -2.96. The lowest BCUT2D eigenvalue weighted by atomic mass is 10.1. The summed E-state index contributed by atoms with van der Waals surface area (Å²) in [4.78, 5) is 56.1. The summed E-state index contributed by atoms with van der Waals surface area (Å²) in [5.41, 5.74) is 7.98. The number of primary amides is 1. The van der Waals surface area contributed by atoms with Crippen LogP contribution in [0.2, 0.25) is 0 Å². The van der Waals surface area contributed by atoms with Gasteiger partial charge in [0.15, 0.2) is 0 Å². The third-order valence-electron chi connectivity index (χ3n) is 5.33. The maximum Gasteiger partial charge on any atom is 0.303 e. The highest BCUT2D eigenvalue weighted by atomic mass is 32.1. The number of hydrogen-bond acceptors (Lipinski definition) is 6. The molecule has 0 radical (unpaired) electrons. The fourth-order valence-corrected chi connectivity index (χ4v) is 4.18. The van der Waals surface area contributed by atoms with Gasteiger partial charge in [-0.2, -0.15) is 0 Å². The number of aliphatic carboxylic acids is 1. The van der Waals surface area contributed by atoms with E-state index < -0.39 is 35.8 Å². The number of aromatic amines is 1. The van der Waals surface area contributed by atoms with Gasteiger partial charge in [0.05, 0.1) is 12.0 Å². The van der Waals surface area contributed by atoms with Gasteiger partial charge in [0.2, 0.25) is 17.7 Å². The number of carbonyl (C=O) groups excluding carboxylic acids is 3. The molecule has 0 saturated heterocycles. The Kier molecular flexibility index (Phi) is 9.13. The molecule has 3 amide bonds. The normalized spacial score (nSPS) is 12.5. The Labute approximate surface area is 206 Å². The molecule has 3 rings (SSSR count). The predicted octanol–water partition coefficient (Wildman–Crippen LogP) is 1.63. The minimum absolute atomic E-state index is 0.0611. The van der Waals surface area contributed by atoms with E-state index >= 15 is 0 Å². The van der Waals surface area contributed by atoms with E-state index in [-0.39, 0.29) is 25.7 Å². The van der Waals surface area contributed by atoms with Crippen molar-refractivity contribution < 1.29 is 24.3 Å². The smallest absolute Gasteiger partial charge is 0.303 e. The van der Waals surface area contributed by atoms with Crippen LogP contribution < -0.4 is 16.4 Å². The lowest BCUT2D eigenvalue weighted by molar-refractivity contribution is -0.138. The summed E-state index contributed by atoms with van der Waals surface area (Å²) < 4.78 is 0. The monoisotopic (exact) mass is 497 g/mol. The molecule has 2 atom stereocenters. The van der Waals surface area contributed by atoms with Crippen molar-refractivity contribution in [3.63, 3.8) is 0 Å². The summed E-state index contributed by atoms with van der Waals surface area (Å²) in [6, 6.07) is 9.72. The molecule has 11 heteroatoms. The van der Waals surface area contributed by atoms with Crippen molar-refractivity contribution in [1.82, 2.24) is 20.6 Å². The molecule has 184 valence electrons. The first-order valence-electron chi connectivity index (χ1n) is 11.0. The number of aromatic nitrogens is 2. The number of amides is 3. The third kappa shape index (κ3) is 8.07. The molecule has 35 heavy (non-hydrogen) atoms. The van der Waals surface area contributed by atoms with Crippen LogP contribution in [-0.4, -0.2) is 50.8 Å². The molecule has 0 spiro atoms. The van der Waals surface area contributed by atoms with Gasteiger partial charge >= 0.3 is 5.97 Å². The van der Waals surface area contributed by atoms with E-state index in [1.807, 2.05) is 41.8 Å². The minimum Gasteiger partial charge on any atom is -0.481 e. The van der Waals surface area contributed by atoms with Gasteiger partial charge in [-0.3, -0.25) is 19.2 Å². The molecular weight excluding hydrogens is 470 g/mol. The minimum atomic E-state index is -1.12. The van der Waals surface area contributed by atoms with Gasteiger partial charge in [0, 0.05) is 30.3 Å². The van der Waals surface area contributed by atoms with E-state index in [1.165, 1.54) is 6.33 Å². The number of aryl methyl sites for hydroxylation is 1. The topological polar surface area (TPSA) is 167 Å². The average Bonchev–Trinajstić information content (AvgIpc) is 3.54. The fraction of sp³-hybridized carbons (Fsp3) is 0.292. The van der Waals surface area contributed by atoms with Crippen molar-refractivity contribution in [3.8, 4) is 10.4 Å². The van der Waals surface area contributed by atoms with Crippen molar-refractivity contribution in [2.45, 2.75) is 44.2 Å². The van der Waals surface area contributed by atoms with Crippen LogP contribution in [0.3, 0.4) is 0 Å². The molecule has 0 aliphatic rings. The van der Waals surface area contributed by atoms with Crippen LogP contribution in [0.4, 0.5) is 0 Å². The van der Waals surface area contributed by atoms with Gasteiger partial charge in [-0.05, 0) is 35.4 Å². The molecule has 6 N–H and O–H groups in total. The van der Waals surface area contributed by atoms with E-state index in [1.54, 1.807) is 17.5 Å². The number of nitrogens with zero attached hydrogens (tertiary/aromatic N) is 1. The van der Waals surface area contributed by atoms with Crippen LogP contribution in [0, 0.1) is 0 Å². The van der Waals surface area contributed by atoms with Gasteiger partial charge < -0.3 is 26.5 Å². The van der Waals surface area contributed by atoms with Crippen molar-refractivity contribution in [3.05, 3.63) is 65.6 Å². The number of hydrogen-bond donors (Lipinski definition) is 5. The number of imidazole rings is 1. The Hall–Kier alpha value is -3.99. The maximum absolute atomic E-state index is 12.8. The summed E-state index contributed by atoms with van der Waals surface area (Å²) >= 11 is 1.65. The summed E-state index contributed by atoms with van der Waals surface area (Å²) in [5, 5.41) is 16.1. The molecule has 0 aliphatic carbocycles. The highest BCUT2D eigenvalue weighted by molar-refractivity contribution is 7.13. The Balaban J connectivity index is 1.57. The largest absolute Gasteiger partial charge is 0.481 e. The van der Waals surface area contributed by atoms with E-state index in [4.69, 9.17) is 10.8 Å². The first kappa shape index (κ1) is 25.6. The molecule has 0 aliphatic heterocycles. The second kappa shape index (κ2) is 12.5. The summed E-state index contributed by atoms with van der Waals surface area (Å²) in [6.07, 6.45) is 3.17. The van der Waals surface area contributed by atoms with Crippen molar-refractivity contribution in [2.24, 2.45) is 5.73 Å². The van der Waals surface area contributed by atoms with Crippen molar-refractivity contribution in [1.29, 1.82) is 0 Å². The lowest BCUT2D eigenvalue weighted by Crippen LogP contribution is -2.53. The molecule has 0 saturated carbocycles. The molecule has 3 aromatic rings. The quantitative estimate of drug-likeness (QED) is 0.241. The first-order valence-corrected chi connectivity index (χ1v) is 11.9. The van der Waals surface area contributed by atoms with Gasteiger partial charge in [0.1, 0.15) is 12.1 Å². The zero-order valence-electron chi connectivity index (χ0n) is 18.9. The summed E-state index contributed by atoms with van der Waals surface area (Å²) in [7, 11) is 0. The van der Waals surface area contributed by atoms with Crippen molar-refractivity contribution >= 4 is 35.0 Å². The highest BCUT2D eigenvalue weighted by Crippen LogP contribution is 2.24. The predicted molar refractivity (Wildman–Crippen MR) is 130 cm³/mol. The number of nitrogens with two attached hydrogens (primary N) is 1. The molecule has 1 unspecified atom stereocenters. The molecule has 1 aromatic carbocycles. The van der Waals surface area contributed by atoms with E-state index in [2.05, 4.69) is 20.6 Å². The van der Waals surface area contributed by atoms with Gasteiger partial charge in [0.25, 0.3) is 0 Å². The van der Waals surface area contributed by atoms with Crippen LogP contribution >= 0.6 is 11.3 Å². The van der Waals surface area contributed by atoms with Crippen LogP contribution in [0.15, 0.2) is 54.3 Å². The van der Waals surface area contributed by atoms with Gasteiger partial charge in [-0.15, -0.1) is 11.3 Å². The molecule has 2 aromatic heterocycles. The molecule has 0 bridgehead atoms. The molecule has 2 heterocycles. The number of nitrogens with one attached hydrogen (secondary N) is 3. The number of thiophene rings is 1. The second-order valence-electron chi connectivity index (χ2n) is 7.95. The number of H-pyrrole nitrogens is 1. The van der Waals surface area contributed by atoms with Crippen LogP contribution in [-0.2, 0) is 32.0 Å². The Morgan fingerprint density at radius 3 is 2.43 bits per heavy atom. The van der Waals surface area contributed by atoms with Crippen molar-refractivity contribution in [2.75, 3.05) is 0 Å². The van der Waals surface area contributed by atoms with Crippen LogP contribution in [0.25, 0.3) is 10.4 Å². The maximum atomic E-state index is 12.8. The fourth-order valence-electron chi connectivity index (χ4n) is 3.45. The molecule has 0 fully saturated rings.